The van der Waals surface area contributed by atoms with E-state index in [1.54, 1.807) is 0 Å². The number of rotatable bonds is 9. The molecule has 1 N–H and O–H groups in total. The molecule has 1 unspecified atom stereocenters. The van der Waals surface area contributed by atoms with Gasteiger partial charge < -0.3 is 19.4 Å². The first kappa shape index (κ1) is 25.2. The summed E-state index contributed by atoms with van der Waals surface area (Å²) in [6, 6.07) is 5.98. The fourth-order valence-electron chi connectivity index (χ4n) is 4.20. The molecule has 2 aromatic heterocycles. The molecule has 4 rings (SSSR count). The number of esters is 1. The lowest BCUT2D eigenvalue weighted by Crippen LogP contribution is -2.17. The largest absolute Gasteiger partial charge is 0.482 e. The minimum atomic E-state index is -0.402. The van der Waals surface area contributed by atoms with Crippen molar-refractivity contribution in [3.63, 3.8) is 0 Å². The van der Waals surface area contributed by atoms with Crippen molar-refractivity contribution in [3.8, 4) is 5.75 Å². The maximum atomic E-state index is 12.8. The van der Waals surface area contributed by atoms with Crippen molar-refractivity contribution >= 4 is 40.0 Å². The van der Waals surface area contributed by atoms with Crippen LogP contribution in [0.2, 0.25) is 0 Å². The van der Waals surface area contributed by atoms with Gasteiger partial charge in [-0.2, -0.15) is 0 Å². The van der Waals surface area contributed by atoms with Gasteiger partial charge in [-0.15, -0.1) is 21.5 Å². The van der Waals surface area contributed by atoms with E-state index in [-0.39, 0.29) is 17.8 Å². The lowest BCUT2D eigenvalue weighted by molar-refractivity contribution is -0.113. The molecule has 3 aromatic rings. The number of methoxy groups -OCH3 is 1. The summed E-state index contributed by atoms with van der Waals surface area (Å²) >= 11 is 2.78. The number of fused-ring (bicyclic) bond motifs is 1. The fraction of sp³-hybridized carbons (Fsp3) is 0.440. The summed E-state index contributed by atoms with van der Waals surface area (Å²) in [7, 11) is 1.36. The Hall–Kier alpha value is -2.85. The van der Waals surface area contributed by atoms with E-state index in [4.69, 9.17) is 9.47 Å². The van der Waals surface area contributed by atoms with Crippen LogP contribution in [0, 0.1) is 13.8 Å². The molecule has 1 aromatic carbocycles. The number of benzene rings is 1. The highest BCUT2D eigenvalue weighted by Crippen LogP contribution is 2.39. The summed E-state index contributed by atoms with van der Waals surface area (Å²) < 4.78 is 13.1. The zero-order chi connectivity index (χ0) is 25.1. The predicted octanol–water partition coefficient (Wildman–Crippen LogP) is 5.12. The van der Waals surface area contributed by atoms with E-state index in [0.29, 0.717) is 28.1 Å². The summed E-state index contributed by atoms with van der Waals surface area (Å²) in [6.07, 6.45) is 2.49. The molecule has 1 aliphatic carbocycles. The molecule has 0 radical (unpaired) electrons. The number of aromatic nitrogens is 3. The van der Waals surface area contributed by atoms with Crippen LogP contribution in [0.25, 0.3) is 0 Å². The number of carbonyl (C=O) groups excluding carboxylic acids is 2. The van der Waals surface area contributed by atoms with E-state index in [2.05, 4.69) is 28.5 Å². The summed E-state index contributed by atoms with van der Waals surface area (Å²) in [5.74, 6) is 1.07. The molecule has 186 valence electrons. The molecule has 10 heteroatoms. The van der Waals surface area contributed by atoms with Crippen LogP contribution in [0.5, 0.6) is 5.75 Å². The molecule has 0 saturated heterocycles. The standard InChI is InChI=1S/C25H30N4O4S2/c1-6-29-22(16(4)33-18-11-7-9-14(2)15(18)3)27-28-25(29)34-13-20(30)26-23-21(24(31)32-5)17-10-8-12-19(17)35-23/h7,9,11,16H,6,8,10,12-13H2,1-5H3,(H,26,30). The zero-order valence-corrected chi connectivity index (χ0v) is 22.3. The minimum Gasteiger partial charge on any atom is -0.482 e. The van der Waals surface area contributed by atoms with Crippen molar-refractivity contribution in [1.82, 2.24) is 14.8 Å². The van der Waals surface area contributed by atoms with Crippen LogP contribution in [-0.4, -0.2) is 39.5 Å². The molecule has 0 aliphatic heterocycles. The topological polar surface area (TPSA) is 95.3 Å². The van der Waals surface area contributed by atoms with Crippen LogP contribution in [-0.2, 0) is 28.9 Å². The number of nitrogens with zero attached hydrogens (tertiary/aromatic N) is 3. The Morgan fingerprint density at radius 2 is 2.06 bits per heavy atom. The SMILES string of the molecule is CCn1c(SCC(=O)Nc2sc3c(c2C(=O)OC)CCC3)nnc1C(C)Oc1cccc(C)c1C. The molecule has 1 aliphatic rings. The summed E-state index contributed by atoms with van der Waals surface area (Å²) in [5, 5.41) is 12.8. The number of amides is 1. The molecule has 35 heavy (non-hydrogen) atoms. The van der Waals surface area contributed by atoms with Crippen LogP contribution in [0.3, 0.4) is 0 Å². The van der Waals surface area contributed by atoms with Crippen molar-refractivity contribution < 1.29 is 19.1 Å². The highest BCUT2D eigenvalue weighted by molar-refractivity contribution is 7.99. The van der Waals surface area contributed by atoms with Gasteiger partial charge in [-0.3, -0.25) is 4.79 Å². The summed E-state index contributed by atoms with van der Waals surface area (Å²) in [5.41, 5.74) is 3.78. The third-order valence-corrected chi connectivity index (χ3v) is 8.35. The Balaban J connectivity index is 1.43. The third-order valence-electron chi connectivity index (χ3n) is 6.18. The molecule has 8 nitrogen and oxygen atoms in total. The van der Waals surface area contributed by atoms with Gasteiger partial charge in [0.15, 0.2) is 17.1 Å². The summed E-state index contributed by atoms with van der Waals surface area (Å²) in [6.45, 7) is 8.70. The van der Waals surface area contributed by atoms with Crippen molar-refractivity contribution in [2.24, 2.45) is 0 Å². The second-order valence-electron chi connectivity index (χ2n) is 8.43. The van der Waals surface area contributed by atoms with E-state index in [9.17, 15) is 9.59 Å². The van der Waals surface area contributed by atoms with Crippen molar-refractivity contribution in [1.29, 1.82) is 0 Å². The normalized spacial score (nSPS) is 13.4. The van der Waals surface area contributed by atoms with E-state index in [1.165, 1.54) is 35.8 Å². The lowest BCUT2D eigenvalue weighted by Gasteiger charge is -2.17. The number of thiophene rings is 1. The number of hydrogen-bond donors (Lipinski definition) is 1. The first-order valence-electron chi connectivity index (χ1n) is 11.6. The average Bonchev–Trinajstić information content (AvgIpc) is 3.54. The molecule has 1 atom stereocenters. The quantitative estimate of drug-likeness (QED) is 0.313. The molecular formula is C25H30N4O4S2. The molecule has 0 saturated carbocycles. The third kappa shape index (κ3) is 5.23. The van der Waals surface area contributed by atoms with Crippen molar-refractivity contribution in [2.75, 3.05) is 18.2 Å². The van der Waals surface area contributed by atoms with Crippen LogP contribution in [0.1, 0.15) is 64.1 Å². The van der Waals surface area contributed by atoms with Gasteiger partial charge in [0.2, 0.25) is 5.91 Å². The number of carbonyl (C=O) groups is 2. The van der Waals surface area contributed by atoms with E-state index >= 15 is 0 Å². The van der Waals surface area contributed by atoms with Crippen LogP contribution in [0.15, 0.2) is 23.4 Å². The first-order chi connectivity index (χ1) is 16.8. The van der Waals surface area contributed by atoms with Gasteiger partial charge in [0.1, 0.15) is 10.8 Å². The monoisotopic (exact) mass is 514 g/mol. The molecule has 2 heterocycles. The molecule has 0 bridgehead atoms. The Morgan fingerprint density at radius 1 is 1.26 bits per heavy atom. The van der Waals surface area contributed by atoms with Crippen LogP contribution in [0.4, 0.5) is 5.00 Å². The van der Waals surface area contributed by atoms with Gasteiger partial charge in [-0.05, 0) is 69.7 Å². The number of aryl methyl sites for hydroxylation is 2. The first-order valence-corrected chi connectivity index (χ1v) is 13.5. The van der Waals surface area contributed by atoms with Crippen molar-refractivity contribution in [2.45, 2.75) is 64.8 Å². The predicted molar refractivity (Wildman–Crippen MR) is 138 cm³/mol. The minimum absolute atomic E-state index is 0.146. The van der Waals surface area contributed by atoms with Gasteiger partial charge in [0.25, 0.3) is 0 Å². The lowest BCUT2D eigenvalue weighted by atomic mass is 10.1. The number of thioether (sulfide) groups is 1. The van der Waals surface area contributed by atoms with Crippen molar-refractivity contribution in [3.05, 3.63) is 51.2 Å². The van der Waals surface area contributed by atoms with Gasteiger partial charge >= 0.3 is 5.97 Å². The highest BCUT2D eigenvalue weighted by atomic mass is 32.2. The Morgan fingerprint density at radius 3 is 2.80 bits per heavy atom. The number of ether oxygens (including phenoxy) is 2. The number of nitrogens with one attached hydrogen (secondary N) is 1. The average molecular weight is 515 g/mol. The fourth-order valence-corrected chi connectivity index (χ4v) is 6.31. The Kier molecular flexibility index (Phi) is 7.81. The van der Waals surface area contributed by atoms with E-state index in [1.807, 2.05) is 37.5 Å². The van der Waals surface area contributed by atoms with Crippen LogP contribution < -0.4 is 10.1 Å². The maximum absolute atomic E-state index is 12.8. The smallest absolute Gasteiger partial charge is 0.341 e. The second kappa shape index (κ2) is 10.8. The van der Waals surface area contributed by atoms with E-state index < -0.39 is 5.97 Å². The van der Waals surface area contributed by atoms with E-state index in [0.717, 1.165) is 41.0 Å². The molecular weight excluding hydrogens is 484 g/mol. The van der Waals surface area contributed by atoms with Gasteiger partial charge in [-0.1, -0.05) is 23.9 Å². The Bertz CT molecular complexity index is 1250. The van der Waals surface area contributed by atoms with Gasteiger partial charge in [0.05, 0.1) is 18.4 Å². The number of hydrogen-bond acceptors (Lipinski definition) is 8. The molecule has 0 fully saturated rings. The van der Waals surface area contributed by atoms with Gasteiger partial charge in [-0.25, -0.2) is 4.79 Å². The molecule has 0 spiro atoms. The number of anilines is 1. The van der Waals surface area contributed by atoms with Crippen LogP contribution >= 0.6 is 23.1 Å². The zero-order valence-electron chi connectivity index (χ0n) is 20.6. The second-order valence-corrected chi connectivity index (χ2v) is 10.5. The summed E-state index contributed by atoms with van der Waals surface area (Å²) in [4.78, 5) is 26.3. The maximum Gasteiger partial charge on any atom is 0.341 e. The van der Waals surface area contributed by atoms with Gasteiger partial charge in [0, 0.05) is 11.4 Å². The Labute approximate surface area is 213 Å². The molecule has 1 amide bonds. The highest BCUT2D eigenvalue weighted by Gasteiger charge is 2.28.